The summed E-state index contributed by atoms with van der Waals surface area (Å²) in [7, 11) is 0. The van der Waals surface area contributed by atoms with Gasteiger partial charge in [0.25, 0.3) is 17.7 Å². The lowest BCUT2D eigenvalue weighted by atomic mass is 9.49. The van der Waals surface area contributed by atoms with E-state index in [0.29, 0.717) is 39.2 Å². The molecule has 302 valence electrons. The van der Waals surface area contributed by atoms with Crippen molar-refractivity contribution < 1.29 is 28.7 Å². The Bertz CT molecular complexity index is 2200. The van der Waals surface area contributed by atoms with Gasteiger partial charge in [0, 0.05) is 85.5 Å². The van der Waals surface area contributed by atoms with Gasteiger partial charge in [-0.05, 0) is 73.9 Å². The van der Waals surface area contributed by atoms with Gasteiger partial charge in [-0.2, -0.15) is 0 Å². The van der Waals surface area contributed by atoms with Gasteiger partial charge < -0.3 is 19.9 Å². The van der Waals surface area contributed by atoms with Crippen molar-refractivity contribution in [3.63, 3.8) is 0 Å². The molecule has 4 fully saturated rings. The number of anilines is 2. The summed E-state index contributed by atoms with van der Waals surface area (Å²) in [5.41, 5.74) is 2.85. The molecular formula is C44H48ClN7O6. The fourth-order valence-corrected chi connectivity index (χ4v) is 10.3. The SMILES string of the molecule is [C-]#[N+]c1ccc(OC2C(C)(C)C(NC(=O)c3ccc(N4CCN(C5CCN(c6ccc7c(c6)C(=O)N(C6CCC(=O)NC6=O)C7=O)CC5)CC4)cc3)C2(C)C)cc1Cl. The van der Waals surface area contributed by atoms with Crippen LogP contribution in [0.5, 0.6) is 5.75 Å². The number of piperazine rings is 1. The molecule has 5 amide bonds. The summed E-state index contributed by atoms with van der Waals surface area (Å²) in [5.74, 6) is -1.50. The third-order valence-corrected chi connectivity index (χ3v) is 13.3. The average Bonchev–Trinajstić information content (AvgIpc) is 3.46. The zero-order chi connectivity index (χ0) is 41.1. The van der Waals surface area contributed by atoms with Crippen LogP contribution in [0, 0.1) is 17.4 Å². The number of hydrogen-bond acceptors (Lipinski definition) is 9. The van der Waals surface area contributed by atoms with Crippen LogP contribution in [0.1, 0.15) is 84.5 Å². The molecule has 4 aliphatic heterocycles. The molecule has 8 rings (SSSR count). The Morgan fingerprint density at radius 1 is 0.810 bits per heavy atom. The zero-order valence-electron chi connectivity index (χ0n) is 33.2. The Balaban J connectivity index is 0.811. The number of nitrogens with one attached hydrogen (secondary N) is 2. The minimum Gasteiger partial charge on any atom is -0.489 e. The van der Waals surface area contributed by atoms with Crippen molar-refractivity contribution in [1.82, 2.24) is 20.4 Å². The predicted molar refractivity (Wildman–Crippen MR) is 220 cm³/mol. The first-order valence-corrected chi connectivity index (χ1v) is 20.4. The summed E-state index contributed by atoms with van der Waals surface area (Å²) < 4.78 is 6.39. The summed E-state index contributed by atoms with van der Waals surface area (Å²) in [6, 6.07) is 17.6. The van der Waals surface area contributed by atoms with Crippen molar-refractivity contribution in [2.75, 3.05) is 49.1 Å². The third kappa shape index (κ3) is 6.96. The number of fused-ring (bicyclic) bond motifs is 1. The minimum absolute atomic E-state index is 0.0883. The summed E-state index contributed by atoms with van der Waals surface area (Å²) in [4.78, 5) is 75.7. The van der Waals surface area contributed by atoms with Crippen molar-refractivity contribution in [2.24, 2.45) is 10.8 Å². The van der Waals surface area contributed by atoms with Crippen LogP contribution in [-0.4, -0.2) is 103 Å². The van der Waals surface area contributed by atoms with Gasteiger partial charge in [-0.1, -0.05) is 45.4 Å². The summed E-state index contributed by atoms with van der Waals surface area (Å²) in [5, 5.41) is 5.88. The summed E-state index contributed by atoms with van der Waals surface area (Å²) >= 11 is 6.26. The number of piperidine rings is 2. The summed E-state index contributed by atoms with van der Waals surface area (Å²) in [6.07, 6.45) is 1.99. The van der Waals surface area contributed by atoms with Gasteiger partial charge in [0.05, 0.1) is 22.7 Å². The highest BCUT2D eigenvalue weighted by molar-refractivity contribution is 6.33. The number of carbonyl (C=O) groups is 5. The molecule has 3 aromatic rings. The minimum atomic E-state index is -0.978. The molecule has 2 N–H and O–H groups in total. The largest absolute Gasteiger partial charge is 0.489 e. The molecule has 1 unspecified atom stereocenters. The van der Waals surface area contributed by atoms with Crippen molar-refractivity contribution in [2.45, 2.75) is 77.6 Å². The molecule has 1 aliphatic carbocycles. The summed E-state index contributed by atoms with van der Waals surface area (Å²) in [6.45, 7) is 20.9. The normalized spacial score (nSPS) is 24.5. The van der Waals surface area contributed by atoms with Gasteiger partial charge in [0.1, 0.15) is 17.9 Å². The number of benzene rings is 3. The number of imide groups is 2. The third-order valence-electron chi connectivity index (χ3n) is 13.0. The van der Waals surface area contributed by atoms with E-state index in [1.165, 1.54) is 0 Å². The monoisotopic (exact) mass is 805 g/mol. The molecule has 1 atom stereocenters. The van der Waals surface area contributed by atoms with Crippen molar-refractivity contribution in [1.29, 1.82) is 0 Å². The number of carbonyl (C=O) groups excluding carboxylic acids is 5. The van der Waals surface area contributed by atoms with E-state index >= 15 is 0 Å². The molecule has 5 aliphatic rings. The molecule has 0 spiro atoms. The maximum absolute atomic E-state index is 13.5. The Morgan fingerprint density at radius 2 is 1.45 bits per heavy atom. The van der Waals surface area contributed by atoms with Crippen LogP contribution >= 0.6 is 11.6 Å². The Morgan fingerprint density at radius 3 is 2.09 bits per heavy atom. The lowest BCUT2D eigenvalue weighted by Gasteiger charge is -2.63. The second-order valence-corrected chi connectivity index (χ2v) is 17.6. The lowest BCUT2D eigenvalue weighted by molar-refractivity contribution is -0.164. The maximum atomic E-state index is 13.5. The van der Waals surface area contributed by atoms with Gasteiger partial charge >= 0.3 is 0 Å². The van der Waals surface area contributed by atoms with E-state index < -0.39 is 29.7 Å². The van der Waals surface area contributed by atoms with Gasteiger partial charge in [-0.15, -0.1) is 0 Å². The molecular weight excluding hydrogens is 758 g/mol. The first-order chi connectivity index (χ1) is 27.7. The molecule has 3 aromatic carbocycles. The molecule has 1 saturated carbocycles. The second kappa shape index (κ2) is 15.1. The van der Waals surface area contributed by atoms with Crippen LogP contribution in [0.15, 0.2) is 60.7 Å². The predicted octanol–water partition coefficient (Wildman–Crippen LogP) is 5.69. The van der Waals surface area contributed by atoms with Gasteiger partial charge in [-0.25, -0.2) is 4.85 Å². The average molecular weight is 806 g/mol. The Kier molecular flexibility index (Phi) is 10.2. The topological polar surface area (TPSA) is 136 Å². The number of hydrogen-bond donors (Lipinski definition) is 2. The van der Waals surface area contributed by atoms with E-state index in [2.05, 4.69) is 57.9 Å². The van der Waals surface area contributed by atoms with Crippen LogP contribution in [0.2, 0.25) is 5.02 Å². The van der Waals surface area contributed by atoms with E-state index in [1.54, 1.807) is 30.3 Å². The van der Waals surface area contributed by atoms with Crippen LogP contribution in [0.3, 0.4) is 0 Å². The first-order valence-electron chi connectivity index (χ1n) is 20.0. The van der Waals surface area contributed by atoms with Crippen molar-refractivity contribution >= 4 is 58.2 Å². The highest BCUT2D eigenvalue weighted by atomic mass is 35.5. The van der Waals surface area contributed by atoms with E-state index in [4.69, 9.17) is 22.9 Å². The maximum Gasteiger partial charge on any atom is 0.262 e. The highest BCUT2D eigenvalue weighted by Gasteiger charge is 2.64. The van der Waals surface area contributed by atoms with Crippen LogP contribution in [-0.2, 0) is 9.59 Å². The molecule has 0 bridgehead atoms. The van der Waals surface area contributed by atoms with Crippen LogP contribution < -0.4 is 25.2 Å². The molecule has 4 heterocycles. The number of nitrogens with zero attached hydrogens (tertiary/aromatic N) is 5. The zero-order valence-corrected chi connectivity index (χ0v) is 34.0. The lowest BCUT2D eigenvalue weighted by Crippen LogP contribution is -2.74. The van der Waals surface area contributed by atoms with E-state index in [0.717, 1.165) is 68.4 Å². The Labute approximate surface area is 343 Å². The molecule has 13 nitrogen and oxygen atoms in total. The standard InChI is InChI=1S/C44H48ClN7O6/c1-43(2)41(44(3,4)42(43)58-30-11-13-34(46-5)33(45)25-30)48-37(54)26-6-8-27(9-7-26)50-20-22-51(23-21-50)28-16-18-49(19-17-28)29-10-12-31-32(24-29)40(57)52(39(31)56)35-14-15-36(53)47-38(35)55/h6-13,24-25,28,35,41-42H,14-23H2,1-4H3,(H,48,54)(H,47,53,55). The number of amides is 5. The highest BCUT2D eigenvalue weighted by Crippen LogP contribution is 2.55. The molecule has 3 saturated heterocycles. The number of ether oxygens (including phenoxy) is 1. The van der Waals surface area contributed by atoms with Gasteiger partial charge in [-0.3, -0.25) is 39.1 Å². The molecule has 58 heavy (non-hydrogen) atoms. The van der Waals surface area contributed by atoms with Gasteiger partial charge in [0.2, 0.25) is 17.5 Å². The van der Waals surface area contributed by atoms with E-state index in [9.17, 15) is 24.0 Å². The number of rotatable bonds is 8. The fourth-order valence-electron chi connectivity index (χ4n) is 10.1. The molecule has 0 aromatic heterocycles. The van der Waals surface area contributed by atoms with Crippen LogP contribution in [0.25, 0.3) is 4.85 Å². The molecule has 0 radical (unpaired) electrons. The molecule has 14 heteroatoms. The van der Waals surface area contributed by atoms with E-state index in [1.807, 2.05) is 30.3 Å². The van der Waals surface area contributed by atoms with Crippen molar-refractivity contribution in [3.8, 4) is 5.75 Å². The van der Waals surface area contributed by atoms with Crippen molar-refractivity contribution in [3.05, 3.63) is 93.8 Å². The van der Waals surface area contributed by atoms with E-state index in [-0.39, 0.29) is 41.7 Å². The second-order valence-electron chi connectivity index (χ2n) is 17.2. The fraction of sp³-hybridized carbons (Fsp3) is 0.455. The quantitative estimate of drug-likeness (QED) is 0.217. The number of halogens is 1. The first kappa shape index (κ1) is 39.4. The smallest absolute Gasteiger partial charge is 0.262 e. The van der Waals surface area contributed by atoms with Gasteiger partial charge in [0.15, 0.2) is 0 Å². The van der Waals surface area contributed by atoms with Crippen LogP contribution in [0.4, 0.5) is 17.1 Å². The Hall–Kier alpha value is -5.45.